The zero-order valence-electron chi connectivity index (χ0n) is 21.7. The van der Waals surface area contributed by atoms with E-state index < -0.39 is 11.7 Å². The van der Waals surface area contributed by atoms with E-state index in [4.69, 9.17) is 0 Å². The highest BCUT2D eigenvalue weighted by atomic mass is 32.1. The lowest BCUT2D eigenvalue weighted by Gasteiger charge is -2.36. The fraction of sp³-hybridized carbons (Fsp3) is 0.345. The Balaban J connectivity index is 1.10. The van der Waals surface area contributed by atoms with E-state index in [-0.39, 0.29) is 11.5 Å². The van der Waals surface area contributed by atoms with E-state index in [1.54, 1.807) is 17.0 Å². The molecule has 208 valence electrons. The molecule has 7 nitrogen and oxygen atoms in total. The lowest BCUT2D eigenvalue weighted by atomic mass is 10.0. The molecule has 0 N–H and O–H groups in total. The van der Waals surface area contributed by atoms with Crippen LogP contribution in [0.3, 0.4) is 0 Å². The van der Waals surface area contributed by atoms with E-state index in [0.29, 0.717) is 80.2 Å². The number of rotatable bonds is 5. The number of carbonyl (C=O) groups excluding carboxylic acids is 1. The van der Waals surface area contributed by atoms with E-state index in [9.17, 15) is 22.8 Å². The van der Waals surface area contributed by atoms with Gasteiger partial charge in [-0.1, -0.05) is 24.3 Å². The molecule has 0 unspecified atom stereocenters. The third kappa shape index (κ3) is 5.23. The summed E-state index contributed by atoms with van der Waals surface area (Å²) in [6, 6.07) is 14.7. The van der Waals surface area contributed by atoms with Crippen LogP contribution in [-0.2, 0) is 25.7 Å². The number of nitrogens with zero attached hydrogens (tertiary/aromatic N) is 5. The van der Waals surface area contributed by atoms with E-state index in [0.717, 1.165) is 16.5 Å². The number of thiophene rings is 1. The number of alkyl halides is 3. The van der Waals surface area contributed by atoms with E-state index in [1.807, 2.05) is 40.1 Å². The summed E-state index contributed by atoms with van der Waals surface area (Å²) < 4.78 is 40.9. The minimum absolute atomic E-state index is 0.0118. The first kappa shape index (κ1) is 26.5. The van der Waals surface area contributed by atoms with Gasteiger partial charge in [0.1, 0.15) is 4.83 Å². The largest absolute Gasteiger partial charge is 0.416 e. The van der Waals surface area contributed by atoms with Crippen molar-refractivity contribution in [2.75, 3.05) is 44.2 Å². The van der Waals surface area contributed by atoms with Gasteiger partial charge in [0, 0.05) is 61.9 Å². The molecule has 0 saturated carbocycles. The molecule has 2 aliphatic rings. The van der Waals surface area contributed by atoms with Gasteiger partial charge >= 0.3 is 6.18 Å². The molecule has 2 aromatic carbocycles. The molecule has 1 saturated heterocycles. The van der Waals surface area contributed by atoms with Crippen molar-refractivity contribution in [3.8, 4) is 0 Å². The summed E-state index contributed by atoms with van der Waals surface area (Å²) in [7, 11) is 0. The van der Waals surface area contributed by atoms with Crippen LogP contribution in [0, 0.1) is 0 Å². The smallest absolute Gasteiger partial charge is 0.369 e. The van der Waals surface area contributed by atoms with Gasteiger partial charge in [-0.2, -0.15) is 13.2 Å². The van der Waals surface area contributed by atoms with Gasteiger partial charge in [0.25, 0.3) is 11.5 Å². The molecule has 0 atom stereocenters. The minimum Gasteiger partial charge on any atom is -0.369 e. The zero-order chi connectivity index (χ0) is 27.9. The van der Waals surface area contributed by atoms with Gasteiger partial charge in [0.2, 0.25) is 0 Å². The first-order valence-corrected chi connectivity index (χ1v) is 14.1. The fourth-order valence-corrected chi connectivity index (χ4v) is 6.67. The summed E-state index contributed by atoms with van der Waals surface area (Å²) in [5, 5.41) is 0.656. The molecule has 0 radical (unpaired) electrons. The Morgan fingerprint density at radius 1 is 0.950 bits per heavy atom. The molecule has 0 aliphatic carbocycles. The highest BCUT2D eigenvalue weighted by molar-refractivity contribution is 7.18. The van der Waals surface area contributed by atoms with E-state index >= 15 is 0 Å². The molecule has 2 aromatic heterocycles. The van der Waals surface area contributed by atoms with Gasteiger partial charge in [0.05, 0.1) is 23.8 Å². The number of piperazine rings is 1. The van der Waals surface area contributed by atoms with Gasteiger partial charge in [-0.05, 0) is 42.3 Å². The minimum atomic E-state index is -4.36. The van der Waals surface area contributed by atoms with Crippen molar-refractivity contribution in [2.45, 2.75) is 25.7 Å². The Bertz CT molecular complexity index is 1590. The Hall–Kier alpha value is -3.70. The monoisotopic (exact) mass is 567 g/mol. The number of anilines is 1. The molecule has 1 fully saturated rings. The Labute approximate surface area is 233 Å². The number of carbonyl (C=O) groups is 1. The van der Waals surface area contributed by atoms with Crippen LogP contribution in [0.25, 0.3) is 10.2 Å². The maximum Gasteiger partial charge on any atom is 0.416 e. The number of aromatic nitrogens is 2. The Morgan fingerprint density at radius 3 is 2.48 bits per heavy atom. The van der Waals surface area contributed by atoms with E-state index in [2.05, 4.69) is 9.88 Å². The molecule has 0 spiro atoms. The van der Waals surface area contributed by atoms with Gasteiger partial charge in [0.15, 0.2) is 0 Å². The SMILES string of the molecule is O=C(c1ccccc1)N1CCc2c(sc3ncn(CCN4CCN(c5cccc(C(F)(F)F)c5)CC4)c(=O)c23)C1. The van der Waals surface area contributed by atoms with Crippen LogP contribution in [0.1, 0.15) is 26.4 Å². The topological polar surface area (TPSA) is 61.7 Å². The molecule has 40 heavy (non-hydrogen) atoms. The van der Waals surface area contributed by atoms with Crippen LogP contribution in [0.2, 0.25) is 0 Å². The average Bonchev–Trinajstić information content (AvgIpc) is 3.35. The average molecular weight is 568 g/mol. The lowest BCUT2D eigenvalue weighted by Crippen LogP contribution is -2.47. The summed E-state index contributed by atoms with van der Waals surface area (Å²) >= 11 is 1.48. The first-order valence-electron chi connectivity index (χ1n) is 13.3. The Kier molecular flexibility index (Phi) is 7.09. The number of hydrogen-bond donors (Lipinski definition) is 0. The molecule has 0 bridgehead atoms. The summed E-state index contributed by atoms with van der Waals surface area (Å²) in [5.74, 6) is -0.0118. The maximum atomic E-state index is 13.5. The molecule has 11 heteroatoms. The zero-order valence-corrected chi connectivity index (χ0v) is 22.5. The number of hydrogen-bond acceptors (Lipinski definition) is 6. The van der Waals surface area contributed by atoms with Crippen molar-refractivity contribution in [1.82, 2.24) is 19.4 Å². The summed E-state index contributed by atoms with van der Waals surface area (Å²) in [6.07, 6.45) is -2.15. The predicted octanol–water partition coefficient (Wildman–Crippen LogP) is 4.50. The van der Waals surface area contributed by atoms with Crippen LogP contribution in [-0.4, -0.2) is 64.5 Å². The number of fused-ring (bicyclic) bond motifs is 3. The van der Waals surface area contributed by atoms with Crippen molar-refractivity contribution in [1.29, 1.82) is 0 Å². The fourth-order valence-electron chi connectivity index (χ4n) is 5.47. The van der Waals surface area contributed by atoms with Crippen molar-refractivity contribution in [3.05, 3.63) is 92.8 Å². The maximum absolute atomic E-state index is 13.5. The van der Waals surface area contributed by atoms with Gasteiger partial charge in [-0.15, -0.1) is 11.3 Å². The van der Waals surface area contributed by atoms with Crippen molar-refractivity contribution in [2.24, 2.45) is 0 Å². The highest BCUT2D eigenvalue weighted by Gasteiger charge is 2.31. The predicted molar refractivity (Wildman–Crippen MR) is 149 cm³/mol. The second-order valence-electron chi connectivity index (χ2n) is 10.1. The molecule has 6 rings (SSSR count). The molecule has 2 aliphatic heterocycles. The van der Waals surface area contributed by atoms with Gasteiger partial charge < -0.3 is 9.80 Å². The van der Waals surface area contributed by atoms with E-state index in [1.165, 1.54) is 23.5 Å². The molecular formula is C29H28F3N5O2S. The normalized spacial score (nSPS) is 16.4. The van der Waals surface area contributed by atoms with Gasteiger partial charge in [-0.3, -0.25) is 19.1 Å². The number of halogens is 3. The highest BCUT2D eigenvalue weighted by Crippen LogP contribution is 2.33. The summed E-state index contributed by atoms with van der Waals surface area (Å²) in [4.78, 5) is 38.7. The third-order valence-electron chi connectivity index (χ3n) is 7.70. The second-order valence-corrected chi connectivity index (χ2v) is 11.2. The van der Waals surface area contributed by atoms with Crippen LogP contribution < -0.4 is 10.5 Å². The third-order valence-corrected chi connectivity index (χ3v) is 8.83. The Morgan fingerprint density at radius 2 is 1.73 bits per heavy atom. The molecule has 4 aromatic rings. The molecule has 1 amide bonds. The van der Waals surface area contributed by atoms with Crippen molar-refractivity contribution < 1.29 is 18.0 Å². The quantitative estimate of drug-likeness (QED) is 0.356. The van der Waals surface area contributed by atoms with Crippen LogP contribution in [0.5, 0.6) is 0 Å². The van der Waals surface area contributed by atoms with Crippen LogP contribution >= 0.6 is 11.3 Å². The lowest BCUT2D eigenvalue weighted by molar-refractivity contribution is -0.137. The van der Waals surface area contributed by atoms with Crippen molar-refractivity contribution >= 4 is 33.1 Å². The van der Waals surface area contributed by atoms with Crippen LogP contribution in [0.4, 0.5) is 18.9 Å². The summed E-state index contributed by atoms with van der Waals surface area (Å²) in [6.45, 7) is 4.77. The standard InChI is InChI=1S/C29H28F3N5O2S/c30-29(31,32)21-7-4-8-22(17-21)35-14-11-34(12-15-35)13-16-37-19-33-26-25(28(37)39)23-9-10-36(18-24(23)40-26)27(38)20-5-2-1-3-6-20/h1-8,17,19H,9-16,18H2. The number of amides is 1. The molecule has 4 heterocycles. The number of benzene rings is 2. The summed E-state index contributed by atoms with van der Waals surface area (Å²) in [5.41, 5.74) is 1.53. The van der Waals surface area contributed by atoms with Gasteiger partial charge in [-0.25, -0.2) is 4.98 Å². The second kappa shape index (κ2) is 10.7. The first-order chi connectivity index (χ1) is 19.3. The van der Waals surface area contributed by atoms with Crippen molar-refractivity contribution in [3.63, 3.8) is 0 Å². The van der Waals surface area contributed by atoms with Crippen LogP contribution in [0.15, 0.2) is 65.7 Å². The molecular weight excluding hydrogens is 539 g/mol.